The lowest BCUT2D eigenvalue weighted by Crippen LogP contribution is -2.50. The smallest absolute Gasteiger partial charge is 0.410 e. The van der Waals surface area contributed by atoms with Crippen LogP contribution in [0.2, 0.25) is 0 Å². The first-order valence-electron chi connectivity index (χ1n) is 13.0. The Bertz CT molecular complexity index is 1040. The maximum absolute atomic E-state index is 12.3. The van der Waals surface area contributed by atoms with Crippen LogP contribution in [-0.4, -0.2) is 71.0 Å². The van der Waals surface area contributed by atoms with Crippen LogP contribution in [0.25, 0.3) is 0 Å². The van der Waals surface area contributed by atoms with Crippen molar-refractivity contribution in [3.63, 3.8) is 0 Å². The first-order chi connectivity index (χ1) is 17.3. The second-order valence-corrected chi connectivity index (χ2v) is 10.7. The third-order valence-electron chi connectivity index (χ3n) is 6.66. The second kappa shape index (κ2) is 11.7. The summed E-state index contributed by atoms with van der Waals surface area (Å²) in [6, 6.07) is 3.99. The number of aliphatic imine (C=N–C) groups is 1. The summed E-state index contributed by atoms with van der Waals surface area (Å²) in [7, 11) is 1.78. The minimum atomic E-state index is -0.481. The van der Waals surface area contributed by atoms with Gasteiger partial charge in [-0.2, -0.15) is 0 Å². The molecule has 0 radical (unpaired) electrons. The molecule has 4 rings (SSSR count). The number of amides is 1. The van der Waals surface area contributed by atoms with E-state index in [1.165, 1.54) is 32.1 Å². The summed E-state index contributed by atoms with van der Waals surface area (Å²) in [5.74, 6) is 1.94. The van der Waals surface area contributed by atoms with Gasteiger partial charge in [-0.3, -0.25) is 4.99 Å². The van der Waals surface area contributed by atoms with Gasteiger partial charge in [0.1, 0.15) is 11.4 Å². The summed E-state index contributed by atoms with van der Waals surface area (Å²) >= 11 is 0. The van der Waals surface area contributed by atoms with E-state index < -0.39 is 5.60 Å². The predicted molar refractivity (Wildman–Crippen MR) is 143 cm³/mol. The van der Waals surface area contributed by atoms with Gasteiger partial charge >= 0.3 is 6.09 Å². The minimum Gasteiger partial charge on any atom is -0.444 e. The number of hydrogen-bond donors (Lipinski definition) is 1. The Morgan fingerprint density at radius 3 is 2.50 bits per heavy atom. The number of pyridine rings is 1. The molecule has 9 nitrogen and oxygen atoms in total. The van der Waals surface area contributed by atoms with Crippen LogP contribution in [0.1, 0.15) is 64.1 Å². The Kier molecular flexibility index (Phi) is 8.38. The molecule has 1 saturated heterocycles. The van der Waals surface area contributed by atoms with Gasteiger partial charge in [0.05, 0.1) is 17.6 Å². The molecular formula is C27H39N7O2. The van der Waals surface area contributed by atoms with Crippen molar-refractivity contribution in [2.24, 2.45) is 10.9 Å². The quantitative estimate of drug-likeness (QED) is 0.575. The van der Waals surface area contributed by atoms with Crippen LogP contribution in [0.4, 0.5) is 22.2 Å². The van der Waals surface area contributed by atoms with Crippen molar-refractivity contribution in [2.75, 3.05) is 43.4 Å². The van der Waals surface area contributed by atoms with Crippen molar-refractivity contribution in [2.45, 2.75) is 64.9 Å². The monoisotopic (exact) mass is 493 g/mol. The first kappa shape index (κ1) is 25.9. The molecule has 0 unspecified atom stereocenters. The van der Waals surface area contributed by atoms with Crippen LogP contribution in [0, 0.1) is 5.92 Å². The van der Waals surface area contributed by atoms with Crippen molar-refractivity contribution >= 4 is 29.8 Å². The molecule has 0 aromatic carbocycles. The Morgan fingerprint density at radius 1 is 1.11 bits per heavy atom. The van der Waals surface area contributed by atoms with E-state index in [0.717, 1.165) is 36.5 Å². The highest BCUT2D eigenvalue weighted by Crippen LogP contribution is 2.27. The lowest BCUT2D eigenvalue weighted by molar-refractivity contribution is 0.0240. The Balaban J connectivity index is 1.36. The Morgan fingerprint density at radius 2 is 1.86 bits per heavy atom. The zero-order valence-corrected chi connectivity index (χ0v) is 22.0. The lowest BCUT2D eigenvalue weighted by Gasteiger charge is -2.36. The molecular weight excluding hydrogens is 454 g/mol. The second-order valence-electron chi connectivity index (χ2n) is 10.7. The highest BCUT2D eigenvalue weighted by molar-refractivity contribution is 5.80. The maximum atomic E-state index is 12.3. The molecule has 0 spiro atoms. The van der Waals surface area contributed by atoms with E-state index in [1.807, 2.05) is 51.5 Å². The number of carbonyl (C=O) groups is 1. The van der Waals surface area contributed by atoms with Gasteiger partial charge in [0, 0.05) is 51.2 Å². The molecule has 2 aliphatic rings. The summed E-state index contributed by atoms with van der Waals surface area (Å²) in [5, 5.41) is 3.26. The fourth-order valence-corrected chi connectivity index (χ4v) is 4.80. The molecule has 2 aromatic rings. The number of ether oxygens (including phenoxy) is 1. The third kappa shape index (κ3) is 7.15. The third-order valence-corrected chi connectivity index (χ3v) is 6.66. The number of hydrogen-bond acceptors (Lipinski definition) is 8. The van der Waals surface area contributed by atoms with E-state index in [-0.39, 0.29) is 6.09 Å². The van der Waals surface area contributed by atoms with Crippen LogP contribution < -0.4 is 10.2 Å². The van der Waals surface area contributed by atoms with Crippen LogP contribution in [0.5, 0.6) is 0 Å². The molecule has 9 heteroatoms. The summed E-state index contributed by atoms with van der Waals surface area (Å²) < 4.78 is 5.49. The molecule has 1 saturated carbocycles. The molecule has 1 amide bonds. The SMILES string of the molecule is CN=Cc1cnc(Nc2ccc(N3CCN(C(=O)OC(C)(C)C)CC3)cn2)nc1CC1CCCCC1. The maximum Gasteiger partial charge on any atom is 0.410 e. The zero-order chi connectivity index (χ0) is 25.5. The highest BCUT2D eigenvalue weighted by Gasteiger charge is 2.26. The molecule has 2 aromatic heterocycles. The number of nitrogens with zero attached hydrogens (tertiary/aromatic N) is 6. The van der Waals surface area contributed by atoms with E-state index in [2.05, 4.69) is 25.2 Å². The molecule has 0 atom stereocenters. The van der Waals surface area contributed by atoms with Crippen LogP contribution in [0.3, 0.4) is 0 Å². The van der Waals surface area contributed by atoms with Crippen LogP contribution >= 0.6 is 0 Å². The van der Waals surface area contributed by atoms with Crippen molar-refractivity contribution in [3.8, 4) is 0 Å². The average molecular weight is 494 g/mol. The summed E-state index contributed by atoms with van der Waals surface area (Å²) in [5.41, 5.74) is 2.58. The summed E-state index contributed by atoms with van der Waals surface area (Å²) in [6.07, 6.45) is 12.8. The number of nitrogens with one attached hydrogen (secondary N) is 1. The van der Waals surface area contributed by atoms with Crippen molar-refractivity contribution in [3.05, 3.63) is 35.8 Å². The Hall–Kier alpha value is -3.23. The minimum absolute atomic E-state index is 0.251. The molecule has 3 heterocycles. The fraction of sp³-hybridized carbons (Fsp3) is 0.593. The number of anilines is 3. The van der Waals surface area contributed by atoms with Crippen LogP contribution in [0.15, 0.2) is 29.5 Å². The topological polar surface area (TPSA) is 95.8 Å². The van der Waals surface area contributed by atoms with Gasteiger partial charge in [0.2, 0.25) is 5.95 Å². The number of aromatic nitrogens is 3. The van der Waals surface area contributed by atoms with E-state index in [9.17, 15) is 4.79 Å². The Labute approximate surface area is 214 Å². The van der Waals surface area contributed by atoms with E-state index in [1.54, 1.807) is 11.9 Å². The number of rotatable bonds is 6. The van der Waals surface area contributed by atoms with Crippen LogP contribution in [-0.2, 0) is 11.2 Å². The van der Waals surface area contributed by atoms with Gasteiger partial charge in [-0.05, 0) is 45.2 Å². The highest BCUT2D eigenvalue weighted by atomic mass is 16.6. The molecule has 36 heavy (non-hydrogen) atoms. The fourth-order valence-electron chi connectivity index (χ4n) is 4.80. The van der Waals surface area contributed by atoms with Gasteiger partial charge in [0.15, 0.2) is 0 Å². The molecule has 194 valence electrons. The summed E-state index contributed by atoms with van der Waals surface area (Å²) in [6.45, 7) is 8.39. The first-order valence-corrected chi connectivity index (χ1v) is 13.0. The zero-order valence-electron chi connectivity index (χ0n) is 22.0. The number of piperazine rings is 1. The van der Waals surface area contributed by atoms with E-state index in [4.69, 9.17) is 9.72 Å². The summed E-state index contributed by atoms with van der Waals surface area (Å²) in [4.78, 5) is 34.4. The van der Waals surface area contributed by atoms with Gasteiger partial charge < -0.3 is 19.9 Å². The molecule has 1 aliphatic heterocycles. The van der Waals surface area contributed by atoms with Crippen molar-refractivity contribution in [1.82, 2.24) is 19.9 Å². The van der Waals surface area contributed by atoms with Crippen molar-refractivity contribution < 1.29 is 9.53 Å². The van der Waals surface area contributed by atoms with Crippen molar-refractivity contribution in [1.29, 1.82) is 0 Å². The largest absolute Gasteiger partial charge is 0.444 e. The van der Waals surface area contributed by atoms with Gasteiger partial charge in [-0.1, -0.05) is 32.1 Å². The van der Waals surface area contributed by atoms with Gasteiger partial charge in [0.25, 0.3) is 0 Å². The van der Waals surface area contributed by atoms with E-state index >= 15 is 0 Å². The van der Waals surface area contributed by atoms with E-state index in [0.29, 0.717) is 30.8 Å². The normalized spacial score (nSPS) is 17.4. The predicted octanol–water partition coefficient (Wildman–Crippen LogP) is 4.84. The number of carbonyl (C=O) groups excluding carboxylic acids is 1. The molecule has 2 fully saturated rings. The van der Waals surface area contributed by atoms with Gasteiger partial charge in [-0.25, -0.2) is 19.7 Å². The van der Waals surface area contributed by atoms with Gasteiger partial charge in [-0.15, -0.1) is 0 Å². The lowest BCUT2D eigenvalue weighted by atomic mass is 9.85. The molecule has 0 bridgehead atoms. The average Bonchev–Trinajstić information content (AvgIpc) is 2.86. The molecule has 1 N–H and O–H groups in total. The standard InChI is InChI=1S/C27H39N7O2/c1-27(2,3)36-26(35)34-14-12-33(13-15-34)22-10-11-24(29-19-22)32-25-30-18-21(17-28-4)23(31-25)16-20-8-6-5-7-9-20/h10-11,17-20H,5-9,12-16H2,1-4H3,(H,29,30,31,32). The molecule has 1 aliphatic carbocycles.